The second-order valence-corrected chi connectivity index (χ2v) is 8.10. The van der Waals surface area contributed by atoms with Crippen molar-refractivity contribution in [2.24, 2.45) is 0 Å². The van der Waals surface area contributed by atoms with Gasteiger partial charge in [0.15, 0.2) is 11.5 Å². The van der Waals surface area contributed by atoms with Crippen LogP contribution in [0.1, 0.15) is 56.3 Å². The first-order valence-corrected chi connectivity index (χ1v) is 10.5. The van der Waals surface area contributed by atoms with Crippen LogP contribution >= 0.6 is 0 Å². The van der Waals surface area contributed by atoms with Gasteiger partial charge in [-0.15, -0.1) is 0 Å². The Morgan fingerprint density at radius 2 is 1.89 bits per heavy atom. The third-order valence-electron chi connectivity index (χ3n) is 5.83. The summed E-state index contributed by atoms with van der Waals surface area (Å²) >= 11 is 0. The first-order chi connectivity index (χ1) is 13.5. The maximum atomic E-state index is 12.9. The summed E-state index contributed by atoms with van der Waals surface area (Å²) in [6, 6.07) is 5.37. The lowest BCUT2D eigenvalue weighted by molar-refractivity contribution is -0.0361. The van der Waals surface area contributed by atoms with Crippen LogP contribution in [0.15, 0.2) is 18.2 Å². The molecule has 3 rings (SSSR count). The van der Waals surface area contributed by atoms with E-state index in [1.807, 2.05) is 19.9 Å². The van der Waals surface area contributed by atoms with Gasteiger partial charge in [0.25, 0.3) is 5.91 Å². The van der Waals surface area contributed by atoms with E-state index in [0.717, 1.165) is 39.1 Å². The molecule has 1 heterocycles. The molecule has 1 aliphatic heterocycles. The van der Waals surface area contributed by atoms with Gasteiger partial charge < -0.3 is 19.5 Å². The highest BCUT2D eigenvalue weighted by Crippen LogP contribution is 2.34. The van der Waals surface area contributed by atoms with Gasteiger partial charge in [0.2, 0.25) is 0 Å². The van der Waals surface area contributed by atoms with Crippen molar-refractivity contribution in [3.8, 4) is 11.5 Å². The molecule has 1 N–H and O–H groups in total. The molecule has 1 amide bonds. The van der Waals surface area contributed by atoms with Crippen LogP contribution < -0.4 is 14.8 Å². The van der Waals surface area contributed by atoms with Crippen LogP contribution in [0, 0.1) is 0 Å². The predicted molar refractivity (Wildman–Crippen MR) is 109 cm³/mol. The van der Waals surface area contributed by atoms with Crippen molar-refractivity contribution in [3.63, 3.8) is 0 Å². The normalized spacial score (nSPS) is 20.0. The van der Waals surface area contributed by atoms with Gasteiger partial charge in [0, 0.05) is 30.7 Å². The van der Waals surface area contributed by atoms with Crippen LogP contribution in [-0.2, 0) is 4.74 Å². The van der Waals surface area contributed by atoms with Crippen molar-refractivity contribution < 1.29 is 19.0 Å². The van der Waals surface area contributed by atoms with Crippen molar-refractivity contribution >= 4 is 5.91 Å². The number of carbonyl (C=O) groups is 1. The summed E-state index contributed by atoms with van der Waals surface area (Å²) in [5.74, 6) is 1.18. The zero-order valence-corrected chi connectivity index (χ0v) is 17.5. The lowest BCUT2D eigenvalue weighted by Gasteiger charge is -2.48. The van der Waals surface area contributed by atoms with Crippen molar-refractivity contribution in [1.82, 2.24) is 10.2 Å². The molecule has 6 heteroatoms. The molecular formula is C22H34N2O4. The fraction of sp³-hybridized carbons (Fsp3) is 0.682. The molecule has 2 fully saturated rings. The maximum absolute atomic E-state index is 12.9. The fourth-order valence-electron chi connectivity index (χ4n) is 4.36. The van der Waals surface area contributed by atoms with Gasteiger partial charge >= 0.3 is 0 Å². The predicted octanol–water partition coefficient (Wildman–Crippen LogP) is 3.25. The molecule has 1 saturated carbocycles. The quantitative estimate of drug-likeness (QED) is 0.774. The van der Waals surface area contributed by atoms with Gasteiger partial charge in [-0.25, -0.2) is 0 Å². The highest BCUT2D eigenvalue weighted by atomic mass is 16.5. The summed E-state index contributed by atoms with van der Waals surface area (Å²) in [6.45, 7) is 8.08. The fourth-order valence-corrected chi connectivity index (χ4v) is 4.36. The van der Waals surface area contributed by atoms with Gasteiger partial charge in [0.05, 0.1) is 26.4 Å². The standard InChI is InChI=1S/C22H34N2O4/c1-17(2)28-19-8-7-18(15-20(19)26-3)21(25)23-16-22(9-5-4-6-10-22)24-11-13-27-14-12-24/h7-8,15,17H,4-6,9-14,16H2,1-3H3,(H,23,25). The molecule has 1 aromatic rings. The highest BCUT2D eigenvalue weighted by Gasteiger charge is 2.38. The van der Waals surface area contributed by atoms with E-state index in [0.29, 0.717) is 23.6 Å². The molecule has 1 aromatic carbocycles. The molecule has 1 aliphatic carbocycles. The Morgan fingerprint density at radius 3 is 2.54 bits per heavy atom. The SMILES string of the molecule is COc1cc(C(=O)NCC2(N3CCOCC3)CCCCC2)ccc1OC(C)C. The molecule has 0 aromatic heterocycles. The van der Waals surface area contributed by atoms with Gasteiger partial charge in [-0.05, 0) is 44.9 Å². The first-order valence-electron chi connectivity index (χ1n) is 10.5. The van der Waals surface area contributed by atoms with Gasteiger partial charge in [-0.3, -0.25) is 9.69 Å². The third-order valence-corrected chi connectivity index (χ3v) is 5.83. The number of rotatable bonds is 7. The number of amides is 1. The summed E-state index contributed by atoms with van der Waals surface area (Å²) < 4.78 is 16.7. The molecular weight excluding hydrogens is 356 g/mol. The Labute approximate surface area is 168 Å². The Hall–Kier alpha value is -1.79. The largest absolute Gasteiger partial charge is 0.493 e. The molecule has 6 nitrogen and oxygen atoms in total. The third kappa shape index (κ3) is 4.97. The molecule has 1 saturated heterocycles. The number of methoxy groups -OCH3 is 1. The Balaban J connectivity index is 1.68. The van der Waals surface area contributed by atoms with E-state index in [9.17, 15) is 4.79 Å². The molecule has 28 heavy (non-hydrogen) atoms. The average molecular weight is 391 g/mol. The van der Waals surface area contributed by atoms with Crippen LogP contribution in [0.5, 0.6) is 11.5 Å². The van der Waals surface area contributed by atoms with Crippen molar-refractivity contribution in [2.75, 3.05) is 40.0 Å². The summed E-state index contributed by atoms with van der Waals surface area (Å²) in [7, 11) is 1.60. The van der Waals surface area contributed by atoms with E-state index in [2.05, 4.69) is 10.2 Å². The maximum Gasteiger partial charge on any atom is 0.251 e. The van der Waals surface area contributed by atoms with Gasteiger partial charge in [-0.1, -0.05) is 19.3 Å². The smallest absolute Gasteiger partial charge is 0.251 e. The van der Waals surface area contributed by atoms with Crippen LogP contribution in [0.2, 0.25) is 0 Å². The Kier molecular flexibility index (Phi) is 7.18. The second kappa shape index (κ2) is 9.61. The van der Waals surface area contributed by atoms with E-state index in [-0.39, 0.29) is 17.6 Å². The first kappa shape index (κ1) is 20.9. The number of hydrogen-bond donors (Lipinski definition) is 1. The summed E-state index contributed by atoms with van der Waals surface area (Å²) in [5, 5.41) is 3.20. The number of ether oxygens (including phenoxy) is 3. The minimum Gasteiger partial charge on any atom is -0.493 e. The van der Waals surface area contributed by atoms with E-state index in [1.54, 1.807) is 19.2 Å². The van der Waals surface area contributed by atoms with Gasteiger partial charge in [-0.2, -0.15) is 0 Å². The molecule has 0 bridgehead atoms. The monoisotopic (exact) mass is 390 g/mol. The van der Waals surface area contributed by atoms with Crippen LogP contribution in [-0.4, -0.2) is 62.4 Å². The lowest BCUT2D eigenvalue weighted by Crippen LogP contribution is -2.59. The zero-order chi connectivity index (χ0) is 20.0. The summed E-state index contributed by atoms with van der Waals surface area (Å²) in [5.41, 5.74) is 0.656. The Bertz CT molecular complexity index is 650. The molecule has 156 valence electrons. The van der Waals surface area contributed by atoms with Gasteiger partial charge in [0.1, 0.15) is 0 Å². The number of hydrogen-bond acceptors (Lipinski definition) is 5. The van der Waals surface area contributed by atoms with E-state index >= 15 is 0 Å². The molecule has 0 spiro atoms. The molecule has 0 atom stereocenters. The van der Waals surface area contributed by atoms with Crippen molar-refractivity contribution in [1.29, 1.82) is 0 Å². The zero-order valence-electron chi connectivity index (χ0n) is 17.5. The number of carbonyl (C=O) groups excluding carboxylic acids is 1. The summed E-state index contributed by atoms with van der Waals surface area (Å²) in [4.78, 5) is 15.4. The topological polar surface area (TPSA) is 60.0 Å². The van der Waals surface area contributed by atoms with Crippen LogP contribution in [0.3, 0.4) is 0 Å². The molecule has 0 radical (unpaired) electrons. The number of morpholine rings is 1. The average Bonchev–Trinajstić information content (AvgIpc) is 2.73. The second-order valence-electron chi connectivity index (χ2n) is 8.10. The molecule has 0 unspecified atom stereocenters. The van der Waals surface area contributed by atoms with Crippen LogP contribution in [0.25, 0.3) is 0 Å². The van der Waals surface area contributed by atoms with E-state index < -0.39 is 0 Å². The number of nitrogens with zero attached hydrogens (tertiary/aromatic N) is 1. The minimum atomic E-state index is -0.0624. The van der Waals surface area contributed by atoms with Crippen LogP contribution in [0.4, 0.5) is 0 Å². The minimum absolute atomic E-state index is 0.0493. The van der Waals surface area contributed by atoms with E-state index in [1.165, 1.54) is 19.3 Å². The van der Waals surface area contributed by atoms with Crippen molar-refractivity contribution in [2.45, 2.75) is 57.6 Å². The number of benzene rings is 1. The highest BCUT2D eigenvalue weighted by molar-refractivity contribution is 5.95. The van der Waals surface area contributed by atoms with Crippen molar-refractivity contribution in [3.05, 3.63) is 23.8 Å². The lowest BCUT2D eigenvalue weighted by atomic mass is 9.79. The molecule has 2 aliphatic rings. The Morgan fingerprint density at radius 1 is 1.18 bits per heavy atom. The summed E-state index contributed by atoms with van der Waals surface area (Å²) in [6.07, 6.45) is 6.06. The number of nitrogens with one attached hydrogen (secondary N) is 1. The van der Waals surface area contributed by atoms with E-state index in [4.69, 9.17) is 14.2 Å².